The molecule has 0 saturated carbocycles. The fraction of sp³-hybridized carbons (Fsp3) is 0.722. The number of anilines is 1. The SMILES string of the molecule is C[C@H]1O[C@@H](c2ccncc2N)[C@H](O[Si](C)(C)C(C)(C)C)[C@@H](O)[C@]1(C)O. The lowest BCUT2D eigenvalue weighted by atomic mass is 9.82. The molecule has 0 aliphatic carbocycles. The van der Waals surface area contributed by atoms with Gasteiger partial charge in [0, 0.05) is 11.8 Å². The van der Waals surface area contributed by atoms with E-state index in [4.69, 9.17) is 14.9 Å². The number of aliphatic hydroxyl groups is 2. The molecule has 7 heteroatoms. The minimum Gasteiger partial charge on any atom is -0.408 e. The molecule has 1 aliphatic heterocycles. The zero-order valence-electron chi connectivity index (χ0n) is 16.3. The number of rotatable bonds is 3. The molecule has 4 N–H and O–H groups in total. The number of hydrogen-bond donors (Lipinski definition) is 3. The van der Waals surface area contributed by atoms with E-state index in [9.17, 15) is 10.2 Å². The second-order valence-corrected chi connectivity index (χ2v) is 13.5. The quantitative estimate of drug-likeness (QED) is 0.710. The topological polar surface area (TPSA) is 97.8 Å². The number of hydrogen-bond acceptors (Lipinski definition) is 6. The van der Waals surface area contributed by atoms with E-state index in [1.165, 1.54) is 0 Å². The van der Waals surface area contributed by atoms with Gasteiger partial charge in [-0.1, -0.05) is 20.8 Å². The van der Waals surface area contributed by atoms with Gasteiger partial charge in [-0.3, -0.25) is 4.98 Å². The van der Waals surface area contributed by atoms with Gasteiger partial charge in [-0.15, -0.1) is 0 Å². The summed E-state index contributed by atoms with van der Waals surface area (Å²) in [5.41, 5.74) is 5.89. The van der Waals surface area contributed by atoms with E-state index in [0.29, 0.717) is 5.69 Å². The zero-order valence-corrected chi connectivity index (χ0v) is 17.3. The van der Waals surface area contributed by atoms with Crippen LogP contribution in [-0.2, 0) is 9.16 Å². The summed E-state index contributed by atoms with van der Waals surface area (Å²) in [6, 6.07) is 1.78. The van der Waals surface area contributed by atoms with Crippen LogP contribution in [0.5, 0.6) is 0 Å². The molecule has 0 bridgehead atoms. The first kappa shape index (κ1) is 20.3. The van der Waals surface area contributed by atoms with Crippen molar-refractivity contribution >= 4 is 14.0 Å². The fourth-order valence-corrected chi connectivity index (χ4v) is 4.03. The summed E-state index contributed by atoms with van der Waals surface area (Å²) < 4.78 is 12.6. The Kier molecular flexibility index (Phi) is 5.39. The molecule has 6 nitrogen and oxygen atoms in total. The predicted molar refractivity (Wildman–Crippen MR) is 101 cm³/mol. The highest BCUT2D eigenvalue weighted by molar-refractivity contribution is 6.74. The van der Waals surface area contributed by atoms with Gasteiger partial charge in [0.05, 0.1) is 18.0 Å². The molecule has 0 radical (unpaired) electrons. The van der Waals surface area contributed by atoms with Crippen molar-refractivity contribution in [3.63, 3.8) is 0 Å². The maximum Gasteiger partial charge on any atom is 0.192 e. The largest absolute Gasteiger partial charge is 0.408 e. The number of nitrogen functional groups attached to an aromatic ring is 1. The number of nitrogens with two attached hydrogens (primary N) is 1. The van der Waals surface area contributed by atoms with E-state index < -0.39 is 38.3 Å². The van der Waals surface area contributed by atoms with Crippen LogP contribution in [0.3, 0.4) is 0 Å². The van der Waals surface area contributed by atoms with Crippen molar-refractivity contribution < 1.29 is 19.4 Å². The fourth-order valence-electron chi connectivity index (χ4n) is 2.74. The first-order chi connectivity index (χ1) is 11.3. The van der Waals surface area contributed by atoms with Crippen molar-refractivity contribution in [2.45, 2.75) is 82.8 Å². The molecule has 25 heavy (non-hydrogen) atoms. The molecule has 1 aromatic rings. The highest BCUT2D eigenvalue weighted by Gasteiger charge is 2.54. The summed E-state index contributed by atoms with van der Waals surface area (Å²) in [4.78, 5) is 4.02. The van der Waals surface area contributed by atoms with E-state index in [2.05, 4.69) is 38.8 Å². The minimum absolute atomic E-state index is 0.0457. The van der Waals surface area contributed by atoms with E-state index in [0.717, 1.165) is 5.56 Å². The van der Waals surface area contributed by atoms with Gasteiger partial charge in [-0.2, -0.15) is 0 Å². The van der Waals surface area contributed by atoms with Gasteiger partial charge in [0.25, 0.3) is 0 Å². The summed E-state index contributed by atoms with van der Waals surface area (Å²) in [5, 5.41) is 21.6. The molecular weight excluding hydrogens is 336 g/mol. The smallest absolute Gasteiger partial charge is 0.192 e. The lowest BCUT2D eigenvalue weighted by Crippen LogP contribution is -2.64. The van der Waals surface area contributed by atoms with Gasteiger partial charge in [0.1, 0.15) is 23.9 Å². The molecular formula is C18H32N2O4Si. The zero-order chi connectivity index (χ0) is 19.2. The minimum atomic E-state index is -2.22. The van der Waals surface area contributed by atoms with Crippen molar-refractivity contribution in [2.24, 2.45) is 0 Å². The molecule has 2 rings (SSSR count). The average molecular weight is 369 g/mol. The van der Waals surface area contributed by atoms with E-state index in [-0.39, 0.29) is 5.04 Å². The van der Waals surface area contributed by atoms with Crippen LogP contribution in [0.2, 0.25) is 18.1 Å². The molecule has 1 aliphatic rings. The summed E-state index contributed by atoms with van der Waals surface area (Å²) in [5.74, 6) is 0. The summed E-state index contributed by atoms with van der Waals surface area (Å²) in [7, 11) is -2.22. The molecule has 5 atom stereocenters. The maximum absolute atomic E-state index is 10.9. The molecule has 0 unspecified atom stereocenters. The van der Waals surface area contributed by atoms with Crippen molar-refractivity contribution in [3.05, 3.63) is 24.0 Å². The van der Waals surface area contributed by atoms with Crippen molar-refractivity contribution in [1.29, 1.82) is 0 Å². The molecule has 2 heterocycles. The summed E-state index contributed by atoms with van der Waals surface area (Å²) >= 11 is 0. The van der Waals surface area contributed by atoms with Gasteiger partial charge in [-0.05, 0) is 38.0 Å². The number of ether oxygens (including phenoxy) is 1. The molecule has 1 saturated heterocycles. The standard InChI is InChI=1S/C18H32N2O4Si/c1-11-18(5,22)16(21)15(24-25(6,7)17(2,3)4)14(23-11)12-8-9-20-10-13(12)19/h8-11,14-16,21-22H,19H2,1-7H3/t11-,14+,15+,16-,18-/m1/s1. The van der Waals surface area contributed by atoms with E-state index in [1.54, 1.807) is 32.3 Å². The van der Waals surface area contributed by atoms with Crippen molar-refractivity contribution in [2.75, 3.05) is 5.73 Å². The normalized spacial score (nSPS) is 34.1. The first-order valence-electron chi connectivity index (χ1n) is 8.72. The first-order valence-corrected chi connectivity index (χ1v) is 11.6. The van der Waals surface area contributed by atoms with E-state index >= 15 is 0 Å². The van der Waals surface area contributed by atoms with Crippen LogP contribution in [0.15, 0.2) is 18.5 Å². The Labute approximate surface area is 151 Å². The Bertz CT molecular complexity index is 615. The third-order valence-corrected chi connectivity index (χ3v) is 10.3. The average Bonchev–Trinajstić information content (AvgIpc) is 2.48. The van der Waals surface area contributed by atoms with E-state index in [1.807, 2.05) is 0 Å². The van der Waals surface area contributed by atoms with Gasteiger partial charge >= 0.3 is 0 Å². The summed E-state index contributed by atoms with van der Waals surface area (Å²) in [6.45, 7) is 13.9. The Morgan fingerprint density at radius 1 is 1.36 bits per heavy atom. The molecule has 1 fully saturated rings. The van der Waals surface area contributed by atoms with Crippen molar-refractivity contribution in [3.8, 4) is 0 Å². The van der Waals surface area contributed by atoms with Gasteiger partial charge < -0.3 is 25.1 Å². The van der Waals surface area contributed by atoms with Crippen molar-refractivity contribution in [1.82, 2.24) is 4.98 Å². The Hall–Kier alpha value is -0.993. The van der Waals surface area contributed by atoms with Crippen LogP contribution < -0.4 is 5.73 Å². The number of nitrogens with zero attached hydrogens (tertiary/aromatic N) is 1. The van der Waals surface area contributed by atoms with Crippen LogP contribution in [0, 0.1) is 0 Å². The van der Waals surface area contributed by atoms with Gasteiger partial charge in [0.15, 0.2) is 8.32 Å². The Morgan fingerprint density at radius 2 is 1.96 bits per heavy atom. The predicted octanol–water partition coefficient (Wildman–Crippen LogP) is 2.63. The summed E-state index contributed by atoms with van der Waals surface area (Å²) in [6.07, 6.45) is 0.259. The maximum atomic E-state index is 10.9. The number of pyridine rings is 1. The van der Waals surface area contributed by atoms with Crippen LogP contribution in [0.1, 0.15) is 46.3 Å². The lowest BCUT2D eigenvalue weighted by molar-refractivity contribution is -0.257. The lowest BCUT2D eigenvalue weighted by Gasteiger charge is -2.51. The van der Waals surface area contributed by atoms with Gasteiger partial charge in [-0.25, -0.2) is 0 Å². The second-order valence-electron chi connectivity index (χ2n) is 8.72. The monoisotopic (exact) mass is 368 g/mol. The van der Waals surface area contributed by atoms with Crippen LogP contribution in [0.4, 0.5) is 5.69 Å². The second kappa shape index (κ2) is 6.63. The van der Waals surface area contributed by atoms with Crippen LogP contribution in [0.25, 0.3) is 0 Å². The van der Waals surface area contributed by atoms with Gasteiger partial charge in [0.2, 0.25) is 0 Å². The highest BCUT2D eigenvalue weighted by atomic mass is 28.4. The Balaban J connectivity index is 2.47. The molecule has 1 aromatic heterocycles. The van der Waals surface area contributed by atoms with Crippen LogP contribution in [-0.4, -0.2) is 47.4 Å². The number of aromatic nitrogens is 1. The third kappa shape index (κ3) is 3.75. The molecule has 0 aromatic carbocycles. The molecule has 142 valence electrons. The molecule has 0 amide bonds. The third-order valence-electron chi connectivity index (χ3n) is 5.81. The Morgan fingerprint density at radius 3 is 2.48 bits per heavy atom. The molecule has 0 spiro atoms. The van der Waals surface area contributed by atoms with Crippen LogP contribution >= 0.6 is 0 Å². The highest BCUT2D eigenvalue weighted by Crippen LogP contribution is 2.45. The number of aliphatic hydroxyl groups excluding tert-OH is 1.